The average molecular weight is 289 g/mol. The molecule has 1 saturated heterocycles. The predicted molar refractivity (Wildman–Crippen MR) is 80.1 cm³/mol. The first-order valence-corrected chi connectivity index (χ1v) is 6.98. The highest BCUT2D eigenvalue weighted by atomic mass is 16.5. The van der Waals surface area contributed by atoms with Crippen molar-refractivity contribution in [2.24, 2.45) is 0 Å². The van der Waals surface area contributed by atoms with Crippen molar-refractivity contribution in [2.75, 3.05) is 27.3 Å². The summed E-state index contributed by atoms with van der Waals surface area (Å²) in [5.74, 6) is 1.29. The molecule has 0 aliphatic carbocycles. The van der Waals surface area contributed by atoms with Gasteiger partial charge in [0.1, 0.15) is 17.2 Å². The smallest absolute Gasteiger partial charge is 0.267 e. The van der Waals surface area contributed by atoms with Gasteiger partial charge in [-0.1, -0.05) is 0 Å². The molecule has 1 fully saturated rings. The number of carbonyl (C=O) groups is 1. The predicted octanol–water partition coefficient (Wildman–Crippen LogP) is 1.28. The first kappa shape index (κ1) is 13.8. The number of ether oxygens (including phenoxy) is 2. The van der Waals surface area contributed by atoms with Crippen molar-refractivity contribution in [3.63, 3.8) is 0 Å². The molecule has 1 amide bonds. The van der Waals surface area contributed by atoms with Crippen molar-refractivity contribution in [3.05, 3.63) is 23.9 Å². The zero-order chi connectivity index (χ0) is 14.8. The molecule has 0 radical (unpaired) electrons. The maximum absolute atomic E-state index is 12.3. The molecule has 0 spiro atoms. The first-order chi connectivity index (χ1) is 10.2. The fraction of sp³-hybridized carbons (Fsp3) is 0.400. The highest BCUT2D eigenvalue weighted by molar-refractivity contribution is 6.01. The summed E-state index contributed by atoms with van der Waals surface area (Å²) < 4.78 is 10.7. The summed E-state index contributed by atoms with van der Waals surface area (Å²) in [7, 11) is 3.21. The maximum Gasteiger partial charge on any atom is 0.267 e. The van der Waals surface area contributed by atoms with E-state index in [4.69, 9.17) is 9.47 Å². The summed E-state index contributed by atoms with van der Waals surface area (Å²) in [6.07, 6.45) is 0.957. The standard InChI is InChI=1S/C15H19N3O3/c1-20-12-3-4-13(21-2)14-10(12)7-11(18-14)15(19)17-9-5-6-16-8-9/h3-4,7,9,16,18H,5-6,8H2,1-2H3,(H,17,19)/t9-/m0/s1. The zero-order valence-corrected chi connectivity index (χ0v) is 12.2. The van der Waals surface area contributed by atoms with Crippen molar-refractivity contribution in [1.29, 1.82) is 0 Å². The number of nitrogens with one attached hydrogen (secondary N) is 3. The zero-order valence-electron chi connectivity index (χ0n) is 12.2. The minimum Gasteiger partial charge on any atom is -0.496 e. The van der Waals surface area contributed by atoms with Crippen LogP contribution >= 0.6 is 0 Å². The molecule has 112 valence electrons. The molecule has 2 heterocycles. The van der Waals surface area contributed by atoms with E-state index >= 15 is 0 Å². The van der Waals surface area contributed by atoms with E-state index in [2.05, 4.69) is 15.6 Å². The van der Waals surface area contributed by atoms with Crippen LogP contribution in [0.15, 0.2) is 18.2 Å². The van der Waals surface area contributed by atoms with E-state index in [-0.39, 0.29) is 11.9 Å². The van der Waals surface area contributed by atoms with Gasteiger partial charge in [0.2, 0.25) is 0 Å². The Morgan fingerprint density at radius 2 is 2.05 bits per heavy atom. The molecule has 3 N–H and O–H groups in total. The Morgan fingerprint density at radius 3 is 2.71 bits per heavy atom. The molecule has 0 bridgehead atoms. The van der Waals surface area contributed by atoms with E-state index in [1.54, 1.807) is 20.3 Å². The number of fused-ring (bicyclic) bond motifs is 1. The first-order valence-electron chi connectivity index (χ1n) is 6.98. The summed E-state index contributed by atoms with van der Waals surface area (Å²) in [6, 6.07) is 5.64. The summed E-state index contributed by atoms with van der Waals surface area (Å²) in [6.45, 7) is 1.76. The van der Waals surface area contributed by atoms with Crippen molar-refractivity contribution < 1.29 is 14.3 Å². The van der Waals surface area contributed by atoms with Crippen molar-refractivity contribution in [3.8, 4) is 11.5 Å². The largest absolute Gasteiger partial charge is 0.496 e. The minimum atomic E-state index is -0.107. The number of methoxy groups -OCH3 is 2. The summed E-state index contributed by atoms with van der Waals surface area (Å²) in [4.78, 5) is 15.4. The third-order valence-electron chi connectivity index (χ3n) is 3.80. The van der Waals surface area contributed by atoms with Gasteiger partial charge in [-0.2, -0.15) is 0 Å². The molecule has 6 nitrogen and oxygen atoms in total. The minimum absolute atomic E-state index is 0.107. The molecule has 1 aliphatic rings. The number of H-pyrrole nitrogens is 1. The van der Waals surface area contributed by atoms with Gasteiger partial charge >= 0.3 is 0 Å². The van der Waals surface area contributed by atoms with Crippen LogP contribution < -0.4 is 20.1 Å². The number of aromatic nitrogens is 1. The molecule has 1 aliphatic heterocycles. The third-order valence-corrected chi connectivity index (χ3v) is 3.80. The number of benzene rings is 1. The number of amides is 1. The van der Waals surface area contributed by atoms with E-state index in [1.807, 2.05) is 12.1 Å². The number of aromatic amines is 1. The molecule has 0 saturated carbocycles. The lowest BCUT2D eigenvalue weighted by molar-refractivity contribution is 0.0936. The van der Waals surface area contributed by atoms with Gasteiger partial charge in [0.15, 0.2) is 0 Å². The second-order valence-corrected chi connectivity index (χ2v) is 5.10. The second-order valence-electron chi connectivity index (χ2n) is 5.10. The average Bonchev–Trinajstić information content (AvgIpc) is 3.15. The summed E-state index contributed by atoms with van der Waals surface area (Å²) in [5.41, 5.74) is 1.28. The van der Waals surface area contributed by atoms with Gasteiger partial charge in [-0.15, -0.1) is 0 Å². The van der Waals surface area contributed by atoms with Crippen LogP contribution in [0.25, 0.3) is 10.9 Å². The van der Waals surface area contributed by atoms with E-state index in [0.717, 1.165) is 30.4 Å². The molecule has 0 unspecified atom stereocenters. The van der Waals surface area contributed by atoms with Crippen LogP contribution in [0.1, 0.15) is 16.9 Å². The molecule has 1 aromatic carbocycles. The van der Waals surface area contributed by atoms with Crippen LogP contribution in [0.5, 0.6) is 11.5 Å². The normalized spacial score (nSPS) is 17.9. The Hall–Kier alpha value is -2.21. The molecular weight excluding hydrogens is 270 g/mol. The van der Waals surface area contributed by atoms with Gasteiger partial charge < -0.3 is 25.1 Å². The van der Waals surface area contributed by atoms with Gasteiger partial charge in [0.05, 0.1) is 19.7 Å². The lowest BCUT2D eigenvalue weighted by Crippen LogP contribution is -2.36. The van der Waals surface area contributed by atoms with Crippen LogP contribution in [0.3, 0.4) is 0 Å². The number of hydrogen-bond acceptors (Lipinski definition) is 4. The maximum atomic E-state index is 12.3. The molecule has 6 heteroatoms. The lowest BCUT2D eigenvalue weighted by Gasteiger charge is -2.09. The van der Waals surface area contributed by atoms with Crippen molar-refractivity contribution in [2.45, 2.75) is 12.5 Å². The van der Waals surface area contributed by atoms with Gasteiger partial charge in [0, 0.05) is 18.0 Å². The molecule has 21 heavy (non-hydrogen) atoms. The Balaban J connectivity index is 1.93. The molecule has 1 aromatic heterocycles. The molecular formula is C15H19N3O3. The van der Waals surface area contributed by atoms with Crippen LogP contribution in [0.2, 0.25) is 0 Å². The number of rotatable bonds is 4. The number of carbonyl (C=O) groups excluding carboxylic acids is 1. The Bertz CT molecular complexity index is 618. The second kappa shape index (κ2) is 5.65. The Kier molecular flexibility index (Phi) is 3.70. The summed E-state index contributed by atoms with van der Waals surface area (Å²) in [5, 5.41) is 7.08. The van der Waals surface area contributed by atoms with E-state index in [9.17, 15) is 4.79 Å². The van der Waals surface area contributed by atoms with E-state index in [0.29, 0.717) is 17.2 Å². The lowest BCUT2D eigenvalue weighted by atomic mass is 10.2. The van der Waals surface area contributed by atoms with E-state index < -0.39 is 0 Å². The molecule has 1 atom stereocenters. The van der Waals surface area contributed by atoms with Gasteiger partial charge in [-0.05, 0) is 31.2 Å². The van der Waals surface area contributed by atoms with Crippen LogP contribution in [0.4, 0.5) is 0 Å². The monoisotopic (exact) mass is 289 g/mol. The molecule has 3 rings (SSSR count). The van der Waals surface area contributed by atoms with Gasteiger partial charge in [-0.25, -0.2) is 0 Å². The fourth-order valence-electron chi connectivity index (χ4n) is 2.68. The van der Waals surface area contributed by atoms with Crippen LogP contribution in [0, 0.1) is 0 Å². The topological polar surface area (TPSA) is 75.4 Å². The SMILES string of the molecule is COc1ccc(OC)c2[nH]c(C(=O)N[C@H]3CCNC3)cc12. The Morgan fingerprint density at radius 1 is 1.29 bits per heavy atom. The molecule has 2 aromatic rings. The van der Waals surface area contributed by atoms with Gasteiger partial charge in [-0.3, -0.25) is 4.79 Å². The quantitative estimate of drug-likeness (QED) is 0.792. The van der Waals surface area contributed by atoms with E-state index in [1.165, 1.54) is 0 Å². The fourth-order valence-corrected chi connectivity index (χ4v) is 2.68. The van der Waals surface area contributed by atoms with Crippen molar-refractivity contribution in [1.82, 2.24) is 15.6 Å². The summed E-state index contributed by atoms with van der Waals surface area (Å²) >= 11 is 0. The van der Waals surface area contributed by atoms with Gasteiger partial charge in [0.25, 0.3) is 5.91 Å². The third kappa shape index (κ3) is 2.54. The van der Waals surface area contributed by atoms with Crippen molar-refractivity contribution >= 4 is 16.8 Å². The highest BCUT2D eigenvalue weighted by Gasteiger charge is 2.20. The van der Waals surface area contributed by atoms with Crippen LogP contribution in [-0.2, 0) is 0 Å². The highest BCUT2D eigenvalue weighted by Crippen LogP contribution is 2.33. The Labute approximate surface area is 122 Å². The van der Waals surface area contributed by atoms with Crippen LogP contribution in [-0.4, -0.2) is 44.2 Å². The number of hydrogen-bond donors (Lipinski definition) is 3.